The molecule has 1 heterocycles. The van der Waals surface area contributed by atoms with Crippen molar-refractivity contribution in [2.24, 2.45) is 11.7 Å². The number of nitrogens with one attached hydrogen (secondary N) is 2. The fourth-order valence-electron chi connectivity index (χ4n) is 2.76. The molecule has 0 saturated carbocycles. The van der Waals surface area contributed by atoms with Crippen LogP contribution in [0, 0.1) is 5.92 Å². The third-order valence-corrected chi connectivity index (χ3v) is 4.07. The normalized spacial score (nSPS) is 16.7. The zero-order valence-electron chi connectivity index (χ0n) is 13.8. The summed E-state index contributed by atoms with van der Waals surface area (Å²) in [5.74, 6) is 0.663. The SMILES string of the molecule is CCCCC(NC(N)=O)C(=O)N1CCC(CNCC)CC1.Cl. The smallest absolute Gasteiger partial charge is 0.312 e. The van der Waals surface area contributed by atoms with Crippen LogP contribution in [0.1, 0.15) is 46.0 Å². The topological polar surface area (TPSA) is 87.5 Å². The number of primary amides is 1. The molecule has 1 unspecified atom stereocenters. The lowest BCUT2D eigenvalue weighted by molar-refractivity contribution is -0.134. The highest BCUT2D eigenvalue weighted by molar-refractivity contribution is 5.86. The van der Waals surface area contributed by atoms with Crippen LogP contribution in [-0.4, -0.2) is 49.1 Å². The summed E-state index contributed by atoms with van der Waals surface area (Å²) in [6.07, 6.45) is 4.61. The van der Waals surface area contributed by atoms with E-state index in [0.29, 0.717) is 12.3 Å². The Labute approximate surface area is 140 Å². The molecule has 4 N–H and O–H groups in total. The van der Waals surface area contributed by atoms with Gasteiger partial charge in [-0.15, -0.1) is 12.4 Å². The predicted octanol–water partition coefficient (Wildman–Crippen LogP) is 1.48. The number of hydrogen-bond acceptors (Lipinski definition) is 3. The molecule has 0 aromatic heterocycles. The third kappa shape index (κ3) is 7.31. The largest absolute Gasteiger partial charge is 0.352 e. The minimum atomic E-state index is -0.619. The molecule has 1 atom stereocenters. The Kier molecular flexibility index (Phi) is 11.0. The molecule has 1 aliphatic heterocycles. The second-order valence-electron chi connectivity index (χ2n) is 5.78. The molecule has 130 valence electrons. The lowest BCUT2D eigenvalue weighted by atomic mass is 9.96. The van der Waals surface area contributed by atoms with Gasteiger partial charge in [0.15, 0.2) is 0 Å². The van der Waals surface area contributed by atoms with Crippen molar-refractivity contribution in [1.29, 1.82) is 0 Å². The lowest BCUT2D eigenvalue weighted by Crippen LogP contribution is -2.52. The fourth-order valence-corrected chi connectivity index (χ4v) is 2.76. The van der Waals surface area contributed by atoms with Crippen LogP contribution in [0.15, 0.2) is 0 Å². The van der Waals surface area contributed by atoms with Crippen LogP contribution in [0.5, 0.6) is 0 Å². The van der Waals surface area contributed by atoms with Crippen LogP contribution in [0.25, 0.3) is 0 Å². The molecule has 6 nitrogen and oxygen atoms in total. The lowest BCUT2D eigenvalue weighted by Gasteiger charge is -2.34. The molecule has 0 radical (unpaired) electrons. The summed E-state index contributed by atoms with van der Waals surface area (Å²) in [7, 11) is 0. The summed E-state index contributed by atoms with van der Waals surface area (Å²) in [5, 5.41) is 5.95. The molecule has 1 aliphatic rings. The number of likely N-dealkylation sites (tertiary alicyclic amines) is 1. The van der Waals surface area contributed by atoms with Gasteiger partial charge in [-0.1, -0.05) is 26.7 Å². The molecule has 1 rings (SSSR count). The molecule has 1 fully saturated rings. The number of urea groups is 1. The van der Waals surface area contributed by atoms with Crippen LogP contribution in [0.3, 0.4) is 0 Å². The number of amides is 3. The zero-order chi connectivity index (χ0) is 15.7. The first-order chi connectivity index (χ1) is 10.1. The van der Waals surface area contributed by atoms with Gasteiger partial charge in [0, 0.05) is 13.1 Å². The van der Waals surface area contributed by atoms with Gasteiger partial charge in [-0.2, -0.15) is 0 Å². The van der Waals surface area contributed by atoms with E-state index in [-0.39, 0.29) is 18.3 Å². The molecule has 0 bridgehead atoms. The van der Waals surface area contributed by atoms with Gasteiger partial charge in [0.1, 0.15) is 6.04 Å². The van der Waals surface area contributed by atoms with Gasteiger partial charge in [0.25, 0.3) is 0 Å². The highest BCUT2D eigenvalue weighted by Crippen LogP contribution is 2.18. The van der Waals surface area contributed by atoms with E-state index in [1.165, 1.54) is 0 Å². The molecular weight excluding hydrogens is 304 g/mol. The van der Waals surface area contributed by atoms with Crippen LogP contribution >= 0.6 is 12.4 Å². The second kappa shape index (κ2) is 11.5. The summed E-state index contributed by atoms with van der Waals surface area (Å²) in [6.45, 7) is 7.73. The summed E-state index contributed by atoms with van der Waals surface area (Å²) in [6, 6.07) is -1.08. The highest BCUT2D eigenvalue weighted by atomic mass is 35.5. The molecule has 0 aromatic carbocycles. The van der Waals surface area contributed by atoms with Gasteiger partial charge in [0.05, 0.1) is 0 Å². The van der Waals surface area contributed by atoms with E-state index in [9.17, 15) is 9.59 Å². The maximum Gasteiger partial charge on any atom is 0.312 e. The van der Waals surface area contributed by atoms with E-state index in [1.54, 1.807) is 0 Å². The number of unbranched alkanes of at least 4 members (excludes halogenated alkanes) is 1. The Bertz CT molecular complexity index is 334. The maximum absolute atomic E-state index is 12.5. The Morgan fingerprint density at radius 3 is 2.41 bits per heavy atom. The van der Waals surface area contributed by atoms with Gasteiger partial charge >= 0.3 is 6.03 Å². The minimum Gasteiger partial charge on any atom is -0.352 e. The summed E-state index contributed by atoms with van der Waals surface area (Å²) in [4.78, 5) is 25.4. The molecule has 22 heavy (non-hydrogen) atoms. The van der Waals surface area contributed by atoms with E-state index >= 15 is 0 Å². The van der Waals surface area contributed by atoms with Gasteiger partial charge in [-0.25, -0.2) is 4.79 Å². The standard InChI is InChI=1S/C15H30N4O2.ClH/c1-3-5-6-13(18-15(16)21)14(20)19-9-7-12(8-10-19)11-17-4-2;/h12-13,17H,3-11H2,1-2H3,(H3,16,18,21);1H. The van der Waals surface area contributed by atoms with E-state index < -0.39 is 12.1 Å². The highest BCUT2D eigenvalue weighted by Gasteiger charge is 2.28. The molecule has 0 aliphatic carbocycles. The summed E-state index contributed by atoms with van der Waals surface area (Å²) < 4.78 is 0. The van der Waals surface area contributed by atoms with Crippen molar-refractivity contribution < 1.29 is 9.59 Å². The number of rotatable bonds is 8. The van der Waals surface area contributed by atoms with E-state index in [2.05, 4.69) is 24.5 Å². The number of halogens is 1. The Hall–Kier alpha value is -1.01. The number of carbonyl (C=O) groups is 2. The molecule has 1 saturated heterocycles. The Balaban J connectivity index is 0.00000441. The van der Waals surface area contributed by atoms with Gasteiger partial charge in [-0.05, 0) is 38.3 Å². The quantitative estimate of drug-likeness (QED) is 0.628. The first-order valence-electron chi connectivity index (χ1n) is 8.13. The van der Waals surface area contributed by atoms with Crippen LogP contribution in [0.4, 0.5) is 4.79 Å². The molecular formula is C15H31ClN4O2. The van der Waals surface area contributed by atoms with Gasteiger partial charge in [-0.3, -0.25) is 4.79 Å². The summed E-state index contributed by atoms with van der Waals surface area (Å²) >= 11 is 0. The monoisotopic (exact) mass is 334 g/mol. The number of piperidine rings is 1. The van der Waals surface area contributed by atoms with Crippen molar-refractivity contribution in [1.82, 2.24) is 15.5 Å². The Morgan fingerprint density at radius 2 is 1.91 bits per heavy atom. The minimum absolute atomic E-state index is 0. The molecule has 3 amide bonds. The number of nitrogens with zero attached hydrogens (tertiary/aromatic N) is 1. The van der Waals surface area contributed by atoms with E-state index in [1.807, 2.05) is 4.90 Å². The van der Waals surface area contributed by atoms with E-state index in [4.69, 9.17) is 5.73 Å². The van der Waals surface area contributed by atoms with Crippen molar-refractivity contribution >= 4 is 24.3 Å². The Morgan fingerprint density at radius 1 is 1.27 bits per heavy atom. The van der Waals surface area contributed by atoms with Crippen LogP contribution < -0.4 is 16.4 Å². The maximum atomic E-state index is 12.5. The second-order valence-corrected chi connectivity index (χ2v) is 5.78. The molecule has 7 heteroatoms. The van der Waals surface area contributed by atoms with Crippen molar-refractivity contribution in [3.05, 3.63) is 0 Å². The van der Waals surface area contributed by atoms with Crippen LogP contribution in [-0.2, 0) is 4.79 Å². The average molecular weight is 335 g/mol. The van der Waals surface area contributed by atoms with Gasteiger partial charge in [0.2, 0.25) is 5.91 Å². The molecule has 0 aromatic rings. The number of hydrogen-bond donors (Lipinski definition) is 3. The summed E-state index contributed by atoms with van der Waals surface area (Å²) in [5.41, 5.74) is 5.18. The first-order valence-corrected chi connectivity index (χ1v) is 8.13. The van der Waals surface area contributed by atoms with Crippen molar-refractivity contribution in [2.45, 2.75) is 52.0 Å². The van der Waals surface area contributed by atoms with Crippen molar-refractivity contribution in [3.8, 4) is 0 Å². The fraction of sp³-hybridized carbons (Fsp3) is 0.867. The van der Waals surface area contributed by atoms with Crippen molar-refractivity contribution in [2.75, 3.05) is 26.2 Å². The number of carbonyl (C=O) groups excluding carboxylic acids is 2. The first kappa shape index (κ1) is 21.0. The average Bonchev–Trinajstić information content (AvgIpc) is 2.49. The zero-order valence-corrected chi connectivity index (χ0v) is 14.6. The predicted molar refractivity (Wildman–Crippen MR) is 91.1 cm³/mol. The van der Waals surface area contributed by atoms with Gasteiger partial charge < -0.3 is 21.3 Å². The van der Waals surface area contributed by atoms with Crippen LogP contribution in [0.2, 0.25) is 0 Å². The number of nitrogens with two attached hydrogens (primary N) is 1. The third-order valence-electron chi connectivity index (χ3n) is 4.07. The van der Waals surface area contributed by atoms with E-state index in [0.717, 1.165) is 51.9 Å². The van der Waals surface area contributed by atoms with Crippen molar-refractivity contribution in [3.63, 3.8) is 0 Å². The molecule has 0 spiro atoms.